The fraction of sp³-hybridized carbons (Fsp3) is 0.211. The Morgan fingerprint density at radius 2 is 2.19 bits per heavy atom. The minimum atomic E-state index is -0.328. The van der Waals surface area contributed by atoms with Crippen molar-refractivity contribution in [1.29, 1.82) is 0 Å². The molecule has 1 aliphatic heterocycles. The molecule has 8 nitrogen and oxygen atoms in total. The van der Waals surface area contributed by atoms with Gasteiger partial charge in [0.05, 0.1) is 24.9 Å². The molecule has 138 valence electrons. The van der Waals surface area contributed by atoms with E-state index in [1.54, 1.807) is 30.8 Å². The number of nitrogens with zero attached hydrogens (tertiary/aromatic N) is 5. The second kappa shape index (κ2) is 9.23. The SMILES string of the molecule is Cc1ccc(C2=C/C=C/OCCCN(C(=O)Nc3ccncn3)C=N2)cn1. The van der Waals surface area contributed by atoms with Gasteiger partial charge in [0.1, 0.15) is 12.1 Å². The summed E-state index contributed by atoms with van der Waals surface area (Å²) in [6, 6.07) is 5.14. The Kier molecular flexibility index (Phi) is 6.24. The number of amides is 2. The zero-order valence-corrected chi connectivity index (χ0v) is 14.9. The Morgan fingerprint density at radius 3 is 2.96 bits per heavy atom. The minimum Gasteiger partial charge on any atom is -0.501 e. The Balaban J connectivity index is 1.82. The maximum atomic E-state index is 12.6. The van der Waals surface area contributed by atoms with Crippen molar-refractivity contribution >= 4 is 23.9 Å². The number of nitrogens with one attached hydrogen (secondary N) is 1. The van der Waals surface area contributed by atoms with Crippen LogP contribution in [0.1, 0.15) is 17.7 Å². The number of allylic oxidation sites excluding steroid dienone is 2. The van der Waals surface area contributed by atoms with Crippen LogP contribution in [0.15, 0.2) is 60.3 Å². The number of hydrogen-bond donors (Lipinski definition) is 1. The number of aryl methyl sites for hydroxylation is 1. The molecule has 1 N–H and O–H groups in total. The van der Waals surface area contributed by atoms with E-state index in [4.69, 9.17) is 4.74 Å². The quantitative estimate of drug-likeness (QED) is 0.884. The van der Waals surface area contributed by atoms with E-state index in [1.807, 2.05) is 25.1 Å². The molecule has 2 aromatic heterocycles. The first-order valence-corrected chi connectivity index (χ1v) is 8.52. The number of rotatable bonds is 2. The van der Waals surface area contributed by atoms with Crippen molar-refractivity contribution in [2.45, 2.75) is 13.3 Å². The highest BCUT2D eigenvalue weighted by molar-refractivity contribution is 5.96. The molecular weight excluding hydrogens is 344 g/mol. The monoisotopic (exact) mass is 364 g/mol. The number of carbonyl (C=O) groups is 1. The van der Waals surface area contributed by atoms with Crippen molar-refractivity contribution in [2.75, 3.05) is 18.5 Å². The van der Waals surface area contributed by atoms with Gasteiger partial charge in [-0.25, -0.2) is 19.8 Å². The number of pyridine rings is 1. The lowest BCUT2D eigenvalue weighted by Gasteiger charge is -2.18. The third kappa shape index (κ3) is 5.46. The van der Waals surface area contributed by atoms with Crippen LogP contribution in [0, 0.1) is 6.92 Å². The lowest BCUT2D eigenvalue weighted by Crippen LogP contribution is -2.35. The van der Waals surface area contributed by atoms with Gasteiger partial charge < -0.3 is 4.74 Å². The minimum absolute atomic E-state index is 0.328. The summed E-state index contributed by atoms with van der Waals surface area (Å²) < 4.78 is 5.44. The molecule has 0 aliphatic carbocycles. The summed E-state index contributed by atoms with van der Waals surface area (Å²) in [6.45, 7) is 2.87. The molecule has 0 saturated heterocycles. The maximum Gasteiger partial charge on any atom is 0.328 e. The van der Waals surface area contributed by atoms with Crippen molar-refractivity contribution < 1.29 is 9.53 Å². The summed E-state index contributed by atoms with van der Waals surface area (Å²) in [5.74, 6) is 0.425. The molecule has 2 aromatic rings. The molecule has 1 aliphatic rings. The van der Waals surface area contributed by atoms with E-state index < -0.39 is 0 Å². The summed E-state index contributed by atoms with van der Waals surface area (Å²) in [5, 5.41) is 2.73. The predicted molar refractivity (Wildman–Crippen MR) is 103 cm³/mol. The summed E-state index contributed by atoms with van der Waals surface area (Å²) in [4.78, 5) is 30.7. The molecule has 0 bridgehead atoms. The number of aromatic nitrogens is 3. The fourth-order valence-corrected chi connectivity index (χ4v) is 2.29. The van der Waals surface area contributed by atoms with Crippen LogP contribution in [-0.2, 0) is 4.74 Å². The largest absolute Gasteiger partial charge is 0.501 e. The van der Waals surface area contributed by atoms with Crippen molar-refractivity contribution in [3.05, 3.63) is 66.6 Å². The Labute approximate surface area is 157 Å². The Morgan fingerprint density at radius 1 is 1.26 bits per heavy atom. The van der Waals surface area contributed by atoms with Crippen LogP contribution in [0.2, 0.25) is 0 Å². The highest BCUT2D eigenvalue weighted by Crippen LogP contribution is 2.16. The first kappa shape index (κ1) is 18.2. The van der Waals surface area contributed by atoms with Crippen molar-refractivity contribution in [3.63, 3.8) is 0 Å². The zero-order chi connectivity index (χ0) is 18.9. The first-order valence-electron chi connectivity index (χ1n) is 8.52. The number of ether oxygens (including phenoxy) is 1. The van der Waals surface area contributed by atoms with E-state index in [0.29, 0.717) is 31.1 Å². The van der Waals surface area contributed by atoms with Crippen molar-refractivity contribution in [2.24, 2.45) is 4.99 Å². The summed E-state index contributed by atoms with van der Waals surface area (Å²) in [5.41, 5.74) is 2.44. The highest BCUT2D eigenvalue weighted by Gasteiger charge is 2.13. The molecule has 0 unspecified atom stereocenters. The van der Waals surface area contributed by atoms with Crippen LogP contribution in [0.4, 0.5) is 10.6 Å². The molecule has 3 heterocycles. The molecule has 0 atom stereocenters. The van der Waals surface area contributed by atoms with Crippen molar-refractivity contribution in [1.82, 2.24) is 19.9 Å². The average Bonchev–Trinajstić information content (AvgIpc) is 2.74. The summed E-state index contributed by atoms with van der Waals surface area (Å²) in [7, 11) is 0. The third-order valence-corrected chi connectivity index (χ3v) is 3.71. The van der Waals surface area contributed by atoms with Gasteiger partial charge in [0, 0.05) is 30.2 Å². The van der Waals surface area contributed by atoms with Gasteiger partial charge in [0.15, 0.2) is 0 Å². The van der Waals surface area contributed by atoms with Gasteiger partial charge in [0.2, 0.25) is 0 Å². The zero-order valence-electron chi connectivity index (χ0n) is 14.9. The molecule has 27 heavy (non-hydrogen) atoms. The summed E-state index contributed by atoms with van der Waals surface area (Å²) >= 11 is 0. The number of hydrogen-bond acceptors (Lipinski definition) is 6. The van der Waals surface area contributed by atoms with Crippen LogP contribution < -0.4 is 5.32 Å². The van der Waals surface area contributed by atoms with Gasteiger partial charge in [0.25, 0.3) is 0 Å². The smallest absolute Gasteiger partial charge is 0.328 e. The second-order valence-corrected chi connectivity index (χ2v) is 5.76. The van der Waals surface area contributed by atoms with E-state index in [2.05, 4.69) is 25.3 Å². The van der Waals surface area contributed by atoms with Crippen LogP contribution in [0.3, 0.4) is 0 Å². The van der Waals surface area contributed by atoms with Gasteiger partial charge in [-0.3, -0.25) is 15.2 Å². The highest BCUT2D eigenvalue weighted by atomic mass is 16.5. The van der Waals surface area contributed by atoms with E-state index in [-0.39, 0.29) is 6.03 Å². The van der Waals surface area contributed by atoms with E-state index >= 15 is 0 Å². The number of urea groups is 1. The lowest BCUT2D eigenvalue weighted by molar-refractivity contribution is 0.219. The van der Waals surface area contributed by atoms with Gasteiger partial charge in [-0.1, -0.05) is 0 Å². The lowest BCUT2D eigenvalue weighted by atomic mass is 10.2. The van der Waals surface area contributed by atoms with Crippen molar-refractivity contribution in [3.8, 4) is 0 Å². The number of carbonyl (C=O) groups excluding carboxylic acids is 1. The van der Waals surface area contributed by atoms with E-state index in [1.165, 1.54) is 17.6 Å². The van der Waals surface area contributed by atoms with E-state index in [0.717, 1.165) is 11.3 Å². The molecular formula is C19H20N6O2. The number of aliphatic imine (C=N–C) groups is 1. The van der Waals surface area contributed by atoms with Gasteiger partial charge in [-0.2, -0.15) is 0 Å². The standard InChI is InChI=1S/C19H20N6O2/c1-15-5-6-16(12-21-15)17-4-2-10-27-11-3-9-25(14-23-17)19(26)24-18-7-8-20-13-22-18/h2,4-8,10,12-14H,3,9,11H2,1H3,(H,20,22,24,26)/b10-2+,17-4?,23-14?. The fourth-order valence-electron chi connectivity index (χ4n) is 2.29. The van der Waals surface area contributed by atoms with Gasteiger partial charge >= 0.3 is 6.03 Å². The third-order valence-electron chi connectivity index (χ3n) is 3.71. The van der Waals surface area contributed by atoms with E-state index in [9.17, 15) is 4.79 Å². The van der Waals surface area contributed by atoms with Crippen LogP contribution in [0.25, 0.3) is 5.70 Å². The molecule has 0 saturated carbocycles. The second-order valence-electron chi connectivity index (χ2n) is 5.76. The predicted octanol–water partition coefficient (Wildman–Crippen LogP) is 3.02. The molecule has 0 radical (unpaired) electrons. The molecule has 0 aromatic carbocycles. The molecule has 3 rings (SSSR count). The molecule has 8 heteroatoms. The topological polar surface area (TPSA) is 92.6 Å². The number of anilines is 1. The maximum absolute atomic E-state index is 12.6. The summed E-state index contributed by atoms with van der Waals surface area (Å²) in [6.07, 6.45) is 12.1. The first-order chi connectivity index (χ1) is 13.2. The van der Waals surface area contributed by atoms with Crippen LogP contribution in [0.5, 0.6) is 0 Å². The average molecular weight is 364 g/mol. The molecule has 0 spiro atoms. The van der Waals surface area contributed by atoms with Gasteiger partial charge in [-0.15, -0.1) is 0 Å². The Hall–Kier alpha value is -3.55. The Bertz CT molecular complexity index is 846. The van der Waals surface area contributed by atoms with Crippen LogP contribution in [-0.4, -0.2) is 45.4 Å². The van der Waals surface area contributed by atoms with Crippen LogP contribution >= 0.6 is 0 Å². The normalized spacial score (nSPS) is 15.9. The molecule has 0 fully saturated rings. The van der Waals surface area contributed by atoms with Gasteiger partial charge in [-0.05, 0) is 43.7 Å². The molecule has 2 amide bonds.